The molecule has 3 rings (SSSR count). The van der Waals surface area contributed by atoms with Gasteiger partial charge >= 0.3 is 0 Å². The highest BCUT2D eigenvalue weighted by molar-refractivity contribution is 5.91. The molecule has 1 aromatic carbocycles. The Morgan fingerprint density at radius 1 is 1.17 bits per heavy atom. The number of anilines is 3. The van der Waals surface area contributed by atoms with Crippen molar-refractivity contribution in [3.63, 3.8) is 0 Å². The van der Waals surface area contributed by atoms with Gasteiger partial charge in [0, 0.05) is 36.7 Å². The minimum atomic E-state index is -0.510. The van der Waals surface area contributed by atoms with Gasteiger partial charge in [-0.05, 0) is 43.2 Å². The topological polar surface area (TPSA) is 77.5 Å². The van der Waals surface area contributed by atoms with E-state index in [1.165, 1.54) is 0 Å². The van der Waals surface area contributed by atoms with E-state index in [1.54, 1.807) is 0 Å². The molecule has 126 valence electrons. The number of carbonyl (C=O) groups excluding carboxylic acids is 1. The van der Waals surface area contributed by atoms with Gasteiger partial charge in [0.1, 0.15) is 12.4 Å². The molecule has 0 unspecified atom stereocenters. The zero-order chi connectivity index (χ0) is 16.8. The number of aromatic nitrogens is 1. The minimum absolute atomic E-state index is 0.397. The maximum absolute atomic E-state index is 11.3. The first-order chi connectivity index (χ1) is 11.7. The molecule has 1 amide bonds. The molecule has 1 fully saturated rings. The summed E-state index contributed by atoms with van der Waals surface area (Å²) in [6.07, 6.45) is 3.89. The van der Waals surface area contributed by atoms with Crippen molar-refractivity contribution in [3.8, 4) is 0 Å². The molecule has 1 aromatic heterocycles. The highest BCUT2D eigenvalue weighted by atomic mass is 16.3. The largest absolute Gasteiger partial charge is 0.387 e. The van der Waals surface area contributed by atoms with Crippen LogP contribution in [0.3, 0.4) is 0 Å². The maximum Gasteiger partial charge on any atom is 0.250 e. The number of nitrogens with one attached hydrogen (secondary N) is 2. The number of aliphatic hydroxyl groups excluding tert-OH is 1. The number of piperidine rings is 1. The maximum atomic E-state index is 11.3. The molecule has 2 aromatic rings. The average Bonchev–Trinajstić information content (AvgIpc) is 2.63. The van der Waals surface area contributed by atoms with Crippen molar-refractivity contribution in [2.45, 2.75) is 18.9 Å². The summed E-state index contributed by atoms with van der Waals surface area (Å²) in [4.78, 5) is 18.0. The van der Waals surface area contributed by atoms with Gasteiger partial charge in [0.25, 0.3) is 0 Å². The molecule has 1 aliphatic heterocycles. The smallest absolute Gasteiger partial charge is 0.250 e. The number of rotatable bonds is 5. The number of hydrogen-bond donors (Lipinski definition) is 3. The Labute approximate surface area is 141 Å². The van der Waals surface area contributed by atoms with Crippen molar-refractivity contribution >= 4 is 23.1 Å². The first-order valence-electron chi connectivity index (χ1n) is 8.18. The summed E-state index contributed by atoms with van der Waals surface area (Å²) in [6, 6.07) is 14.0. The Hall–Kier alpha value is -2.60. The highest BCUT2D eigenvalue weighted by Gasteiger charge is 2.19. The normalized spacial score (nSPS) is 15.1. The molecule has 3 N–H and O–H groups in total. The molecule has 24 heavy (non-hydrogen) atoms. The van der Waals surface area contributed by atoms with Crippen molar-refractivity contribution < 1.29 is 9.90 Å². The van der Waals surface area contributed by atoms with Gasteiger partial charge in [0.15, 0.2) is 0 Å². The summed E-state index contributed by atoms with van der Waals surface area (Å²) in [5, 5.41) is 15.0. The van der Waals surface area contributed by atoms with Crippen LogP contribution in [0.1, 0.15) is 12.8 Å². The van der Waals surface area contributed by atoms with E-state index in [2.05, 4.69) is 20.5 Å². The highest BCUT2D eigenvalue weighted by Crippen LogP contribution is 2.22. The van der Waals surface area contributed by atoms with Crippen molar-refractivity contribution in [1.82, 2.24) is 4.98 Å². The first kappa shape index (κ1) is 16.3. The Morgan fingerprint density at radius 2 is 1.96 bits per heavy atom. The van der Waals surface area contributed by atoms with E-state index in [1.807, 2.05) is 48.7 Å². The van der Waals surface area contributed by atoms with Gasteiger partial charge in [-0.2, -0.15) is 0 Å². The summed E-state index contributed by atoms with van der Waals surface area (Å²) in [6.45, 7) is 1.43. The molecule has 0 aliphatic carbocycles. The van der Waals surface area contributed by atoms with E-state index in [0.717, 1.165) is 37.4 Å². The third-order valence-electron chi connectivity index (χ3n) is 4.13. The number of aliphatic hydroxyl groups is 1. The third kappa shape index (κ3) is 4.23. The van der Waals surface area contributed by atoms with Crippen LogP contribution < -0.4 is 15.5 Å². The Bertz CT molecular complexity index is 670. The predicted octanol–water partition coefficient (Wildman–Crippen LogP) is 2.09. The summed E-state index contributed by atoms with van der Waals surface area (Å²) in [7, 11) is 0. The summed E-state index contributed by atoms with van der Waals surface area (Å²) < 4.78 is 0. The van der Waals surface area contributed by atoms with Crippen molar-refractivity contribution in [2.75, 3.05) is 35.2 Å². The summed E-state index contributed by atoms with van der Waals surface area (Å²) in [5.41, 5.74) is 1.66. The van der Waals surface area contributed by atoms with Crippen molar-refractivity contribution in [2.24, 2.45) is 0 Å². The second-order valence-corrected chi connectivity index (χ2v) is 5.88. The van der Waals surface area contributed by atoms with Crippen LogP contribution in [0.4, 0.5) is 17.2 Å². The first-order valence-corrected chi connectivity index (χ1v) is 8.18. The fourth-order valence-corrected chi connectivity index (χ4v) is 2.92. The van der Waals surface area contributed by atoms with E-state index >= 15 is 0 Å². The van der Waals surface area contributed by atoms with Crippen LogP contribution in [0.5, 0.6) is 0 Å². The minimum Gasteiger partial charge on any atom is -0.387 e. The van der Waals surface area contributed by atoms with Gasteiger partial charge in [-0.15, -0.1) is 0 Å². The zero-order valence-electron chi connectivity index (χ0n) is 13.5. The van der Waals surface area contributed by atoms with Gasteiger partial charge in [-0.3, -0.25) is 4.79 Å². The second kappa shape index (κ2) is 7.79. The molecule has 0 radical (unpaired) electrons. The number of benzene rings is 1. The van der Waals surface area contributed by atoms with Crippen molar-refractivity contribution in [3.05, 3.63) is 48.7 Å². The lowest BCUT2D eigenvalue weighted by atomic mass is 10.0. The number of hydrogen-bond acceptors (Lipinski definition) is 5. The number of amides is 1. The van der Waals surface area contributed by atoms with Gasteiger partial charge < -0.3 is 20.6 Å². The average molecular weight is 326 g/mol. The van der Waals surface area contributed by atoms with Crippen LogP contribution in [-0.2, 0) is 4.79 Å². The zero-order valence-corrected chi connectivity index (χ0v) is 13.5. The van der Waals surface area contributed by atoms with Crippen LogP contribution in [0.25, 0.3) is 0 Å². The number of pyridine rings is 1. The van der Waals surface area contributed by atoms with Crippen LogP contribution >= 0.6 is 0 Å². The molecule has 0 saturated carbocycles. The van der Waals surface area contributed by atoms with E-state index in [4.69, 9.17) is 5.11 Å². The molecule has 1 saturated heterocycles. The molecule has 0 bridgehead atoms. The summed E-state index contributed by atoms with van der Waals surface area (Å²) >= 11 is 0. The van der Waals surface area contributed by atoms with E-state index in [0.29, 0.717) is 11.7 Å². The molecule has 1 aliphatic rings. The van der Waals surface area contributed by atoms with Crippen LogP contribution in [0.15, 0.2) is 48.7 Å². The van der Waals surface area contributed by atoms with Crippen LogP contribution in [0, 0.1) is 0 Å². The molecular formula is C18H22N4O2. The molecule has 2 heterocycles. The van der Waals surface area contributed by atoms with Gasteiger partial charge in [-0.25, -0.2) is 4.98 Å². The van der Waals surface area contributed by atoms with Gasteiger partial charge in [0.05, 0.1) is 0 Å². The SMILES string of the molecule is O=C(CO)Nc1cccc(NC2CCN(c3ccccn3)CC2)c1. The van der Waals surface area contributed by atoms with Gasteiger partial charge in [-0.1, -0.05) is 12.1 Å². The van der Waals surface area contributed by atoms with E-state index in [-0.39, 0.29) is 0 Å². The fourth-order valence-electron chi connectivity index (χ4n) is 2.92. The predicted molar refractivity (Wildman–Crippen MR) is 95.3 cm³/mol. The third-order valence-corrected chi connectivity index (χ3v) is 4.13. The molecule has 6 nitrogen and oxygen atoms in total. The summed E-state index contributed by atoms with van der Waals surface area (Å²) in [5.74, 6) is 0.625. The molecule has 6 heteroatoms. The lowest BCUT2D eigenvalue weighted by molar-refractivity contribution is -0.118. The second-order valence-electron chi connectivity index (χ2n) is 5.88. The van der Waals surface area contributed by atoms with E-state index < -0.39 is 12.5 Å². The molecule has 0 spiro atoms. The van der Waals surface area contributed by atoms with Crippen LogP contribution in [-0.4, -0.2) is 41.7 Å². The number of carbonyl (C=O) groups is 1. The number of nitrogens with zero attached hydrogens (tertiary/aromatic N) is 2. The Kier molecular flexibility index (Phi) is 5.28. The van der Waals surface area contributed by atoms with Crippen LogP contribution in [0.2, 0.25) is 0 Å². The Morgan fingerprint density at radius 3 is 2.67 bits per heavy atom. The lowest BCUT2D eigenvalue weighted by Gasteiger charge is -2.33. The monoisotopic (exact) mass is 326 g/mol. The molecule has 0 atom stereocenters. The van der Waals surface area contributed by atoms with E-state index in [9.17, 15) is 4.79 Å². The lowest BCUT2D eigenvalue weighted by Crippen LogP contribution is -2.39. The van der Waals surface area contributed by atoms with Gasteiger partial charge in [0.2, 0.25) is 5.91 Å². The quantitative estimate of drug-likeness (QED) is 0.784. The fraction of sp³-hybridized carbons (Fsp3) is 0.333. The van der Waals surface area contributed by atoms with Crippen molar-refractivity contribution in [1.29, 1.82) is 0 Å². The Balaban J connectivity index is 1.54. The molecular weight excluding hydrogens is 304 g/mol. The standard InChI is InChI=1S/C18H22N4O2/c23-13-18(24)21-16-5-3-4-15(12-16)20-14-7-10-22(11-8-14)17-6-1-2-9-19-17/h1-6,9,12,14,20,23H,7-8,10-11,13H2,(H,21,24).